The molecule has 1 N–H and O–H groups in total. The first-order chi connectivity index (χ1) is 8.90. The van der Waals surface area contributed by atoms with Crippen LogP contribution in [-0.2, 0) is 22.4 Å². The van der Waals surface area contributed by atoms with Crippen LogP contribution < -0.4 is 0 Å². The van der Waals surface area contributed by atoms with Crippen LogP contribution in [0.3, 0.4) is 0 Å². The maximum absolute atomic E-state index is 11.4. The maximum atomic E-state index is 11.4. The lowest BCUT2D eigenvalue weighted by atomic mass is 9.76. The molecule has 0 aliphatic carbocycles. The zero-order valence-corrected chi connectivity index (χ0v) is 12.0. The van der Waals surface area contributed by atoms with E-state index in [0.717, 1.165) is 6.42 Å². The van der Waals surface area contributed by atoms with Crippen molar-refractivity contribution in [1.29, 1.82) is 0 Å². The van der Waals surface area contributed by atoms with Crippen molar-refractivity contribution in [3.63, 3.8) is 0 Å². The summed E-state index contributed by atoms with van der Waals surface area (Å²) >= 11 is 0. The third-order valence-electron chi connectivity index (χ3n) is 3.54. The van der Waals surface area contributed by atoms with Crippen molar-refractivity contribution >= 4 is 5.97 Å². The van der Waals surface area contributed by atoms with E-state index in [4.69, 9.17) is 9.26 Å². The van der Waals surface area contributed by atoms with Crippen LogP contribution in [0.2, 0.25) is 0 Å². The average Bonchev–Trinajstić information content (AvgIpc) is 2.76. The van der Waals surface area contributed by atoms with Gasteiger partial charge in [0.2, 0.25) is 5.89 Å². The number of aliphatic carboxylic acids is 1. The summed E-state index contributed by atoms with van der Waals surface area (Å²) in [4.78, 5) is 15.6. The number of carboxylic acid groups (broad SMARTS) is 1. The van der Waals surface area contributed by atoms with Gasteiger partial charge in [-0.05, 0) is 19.3 Å². The topological polar surface area (TPSA) is 85.5 Å². The second kappa shape index (κ2) is 6.65. The van der Waals surface area contributed by atoms with E-state index in [2.05, 4.69) is 10.1 Å². The third-order valence-corrected chi connectivity index (χ3v) is 3.54. The van der Waals surface area contributed by atoms with Gasteiger partial charge in [0, 0.05) is 26.6 Å². The molecule has 1 atom stereocenters. The van der Waals surface area contributed by atoms with Crippen molar-refractivity contribution in [3.8, 4) is 0 Å². The molecule has 1 unspecified atom stereocenters. The zero-order valence-electron chi connectivity index (χ0n) is 12.0. The first-order valence-corrected chi connectivity index (χ1v) is 6.44. The minimum absolute atomic E-state index is 0.0196. The van der Waals surface area contributed by atoms with Gasteiger partial charge in [0.25, 0.3) is 0 Å². The lowest BCUT2D eigenvalue weighted by Crippen LogP contribution is -2.35. The summed E-state index contributed by atoms with van der Waals surface area (Å²) in [5.41, 5.74) is -0.893. The Morgan fingerprint density at radius 3 is 2.74 bits per heavy atom. The van der Waals surface area contributed by atoms with Crippen LogP contribution in [0, 0.1) is 11.3 Å². The van der Waals surface area contributed by atoms with Gasteiger partial charge >= 0.3 is 5.97 Å². The predicted molar refractivity (Wildman–Crippen MR) is 68.8 cm³/mol. The molecule has 0 spiro atoms. The minimum atomic E-state index is -0.893. The molecular formula is C13H22N2O4. The van der Waals surface area contributed by atoms with E-state index in [0.29, 0.717) is 24.7 Å². The van der Waals surface area contributed by atoms with Gasteiger partial charge in [0.15, 0.2) is 5.82 Å². The molecule has 1 heterocycles. The molecule has 1 aromatic rings. The van der Waals surface area contributed by atoms with Gasteiger partial charge < -0.3 is 14.4 Å². The Morgan fingerprint density at radius 2 is 2.21 bits per heavy atom. The number of rotatable bonds is 8. The number of hydrogen-bond acceptors (Lipinski definition) is 5. The van der Waals surface area contributed by atoms with Crippen LogP contribution in [0.4, 0.5) is 0 Å². The minimum Gasteiger partial charge on any atom is -0.481 e. The number of hydrogen-bond donors (Lipinski definition) is 1. The summed E-state index contributed by atoms with van der Waals surface area (Å²) in [6, 6.07) is 0. The molecule has 0 bridgehead atoms. The van der Waals surface area contributed by atoms with Crippen molar-refractivity contribution in [1.82, 2.24) is 10.1 Å². The molecule has 0 aliphatic rings. The zero-order chi connectivity index (χ0) is 14.5. The van der Waals surface area contributed by atoms with Gasteiger partial charge in [0.05, 0.1) is 5.41 Å². The van der Waals surface area contributed by atoms with Gasteiger partial charge in [-0.3, -0.25) is 4.79 Å². The molecule has 0 aromatic carbocycles. The van der Waals surface area contributed by atoms with Crippen LogP contribution in [0.1, 0.15) is 38.9 Å². The standard InChI is InChI=1S/C13H22N2O4/c1-9(2)13(3,12(16)17)8-11-14-10(15-19-11)6-5-7-18-4/h9H,5-8H2,1-4H3,(H,16,17). The number of ether oxygens (including phenoxy) is 1. The highest BCUT2D eigenvalue weighted by atomic mass is 16.5. The molecular weight excluding hydrogens is 248 g/mol. The lowest BCUT2D eigenvalue weighted by Gasteiger charge is -2.27. The quantitative estimate of drug-likeness (QED) is 0.726. The number of carboxylic acids is 1. The maximum Gasteiger partial charge on any atom is 0.310 e. The first-order valence-electron chi connectivity index (χ1n) is 6.44. The van der Waals surface area contributed by atoms with Crippen LogP contribution in [-0.4, -0.2) is 34.9 Å². The Morgan fingerprint density at radius 1 is 1.53 bits per heavy atom. The highest BCUT2D eigenvalue weighted by molar-refractivity contribution is 5.74. The summed E-state index contributed by atoms with van der Waals surface area (Å²) in [5, 5.41) is 13.2. The number of methoxy groups -OCH3 is 1. The Labute approximate surface area is 113 Å². The smallest absolute Gasteiger partial charge is 0.310 e. The summed E-state index contributed by atoms with van der Waals surface area (Å²) < 4.78 is 10.1. The molecule has 6 nitrogen and oxygen atoms in total. The molecule has 1 rings (SSSR count). The lowest BCUT2D eigenvalue weighted by molar-refractivity contribution is -0.150. The second-order valence-corrected chi connectivity index (χ2v) is 5.25. The largest absolute Gasteiger partial charge is 0.481 e. The monoisotopic (exact) mass is 270 g/mol. The van der Waals surface area contributed by atoms with Crippen molar-refractivity contribution < 1.29 is 19.2 Å². The molecule has 1 aromatic heterocycles. The van der Waals surface area contributed by atoms with E-state index in [1.807, 2.05) is 13.8 Å². The SMILES string of the molecule is COCCCc1noc(CC(C)(C(=O)O)C(C)C)n1. The van der Waals surface area contributed by atoms with Crippen molar-refractivity contribution in [2.24, 2.45) is 11.3 Å². The van der Waals surface area contributed by atoms with E-state index >= 15 is 0 Å². The fourth-order valence-electron chi connectivity index (χ4n) is 1.68. The van der Waals surface area contributed by atoms with Crippen LogP contribution in [0.15, 0.2) is 4.52 Å². The number of nitrogens with zero attached hydrogens (tertiary/aromatic N) is 2. The summed E-state index contributed by atoms with van der Waals surface area (Å²) in [6.07, 6.45) is 1.73. The summed E-state index contributed by atoms with van der Waals surface area (Å²) in [6.45, 7) is 6.10. The Hall–Kier alpha value is -1.43. The van der Waals surface area contributed by atoms with E-state index < -0.39 is 11.4 Å². The molecule has 0 amide bonds. The van der Waals surface area contributed by atoms with Gasteiger partial charge in [-0.25, -0.2) is 0 Å². The second-order valence-electron chi connectivity index (χ2n) is 5.25. The highest BCUT2D eigenvalue weighted by Crippen LogP contribution is 2.31. The fraction of sp³-hybridized carbons (Fsp3) is 0.769. The molecule has 0 fully saturated rings. The average molecular weight is 270 g/mol. The number of aryl methyl sites for hydroxylation is 1. The molecule has 0 radical (unpaired) electrons. The van der Waals surface area contributed by atoms with Gasteiger partial charge in [-0.15, -0.1) is 0 Å². The van der Waals surface area contributed by atoms with E-state index in [-0.39, 0.29) is 12.3 Å². The molecule has 0 saturated heterocycles. The first kappa shape index (κ1) is 15.6. The molecule has 108 valence electrons. The molecule has 0 aliphatic heterocycles. The number of carbonyl (C=O) groups is 1. The van der Waals surface area contributed by atoms with E-state index in [9.17, 15) is 9.90 Å². The normalized spacial score (nSPS) is 14.6. The van der Waals surface area contributed by atoms with Crippen LogP contribution in [0.25, 0.3) is 0 Å². The van der Waals surface area contributed by atoms with Gasteiger partial charge in [-0.1, -0.05) is 19.0 Å². The number of aromatic nitrogens is 2. The van der Waals surface area contributed by atoms with E-state index in [1.165, 1.54) is 0 Å². The van der Waals surface area contributed by atoms with Gasteiger partial charge in [-0.2, -0.15) is 4.98 Å². The molecule has 6 heteroatoms. The van der Waals surface area contributed by atoms with Crippen molar-refractivity contribution in [2.75, 3.05) is 13.7 Å². The molecule has 0 saturated carbocycles. The predicted octanol–water partition coefficient (Wildman–Crippen LogP) is 1.94. The Bertz CT molecular complexity index is 417. The highest BCUT2D eigenvalue weighted by Gasteiger charge is 2.38. The van der Waals surface area contributed by atoms with Gasteiger partial charge in [0.1, 0.15) is 0 Å². The Balaban J connectivity index is 2.68. The summed E-state index contributed by atoms with van der Waals surface area (Å²) in [5.74, 6) is 0.116. The molecule has 19 heavy (non-hydrogen) atoms. The fourth-order valence-corrected chi connectivity index (χ4v) is 1.68. The Kier molecular flexibility index (Phi) is 5.47. The van der Waals surface area contributed by atoms with Crippen LogP contribution in [0.5, 0.6) is 0 Å². The van der Waals surface area contributed by atoms with Crippen molar-refractivity contribution in [3.05, 3.63) is 11.7 Å². The third kappa shape index (κ3) is 4.02. The van der Waals surface area contributed by atoms with E-state index in [1.54, 1.807) is 14.0 Å². The van der Waals surface area contributed by atoms with Crippen LogP contribution >= 0.6 is 0 Å². The van der Waals surface area contributed by atoms with Crippen molar-refractivity contribution in [2.45, 2.75) is 40.0 Å². The summed E-state index contributed by atoms with van der Waals surface area (Å²) in [7, 11) is 1.64.